The van der Waals surface area contributed by atoms with Gasteiger partial charge in [-0.05, 0) is 18.6 Å². The van der Waals surface area contributed by atoms with E-state index in [4.69, 9.17) is 5.73 Å². The topological polar surface area (TPSA) is 80.9 Å². The zero-order valence-electron chi connectivity index (χ0n) is 8.85. The Balaban J connectivity index is 1.94. The zero-order valence-corrected chi connectivity index (χ0v) is 9.67. The maximum absolute atomic E-state index is 11.8. The molecular formula is C10H14N4OS. The first kappa shape index (κ1) is 11.2. The van der Waals surface area contributed by atoms with E-state index in [9.17, 15) is 4.79 Å². The van der Waals surface area contributed by atoms with Crippen LogP contribution in [0.1, 0.15) is 23.3 Å². The van der Waals surface area contributed by atoms with Crippen LogP contribution in [0.15, 0.2) is 12.4 Å². The van der Waals surface area contributed by atoms with Crippen molar-refractivity contribution < 1.29 is 4.79 Å². The summed E-state index contributed by atoms with van der Waals surface area (Å²) in [6.07, 6.45) is 5.00. The number of nitrogens with zero attached hydrogens (tertiary/aromatic N) is 2. The fraction of sp³-hybridized carbons (Fsp3) is 0.500. The Morgan fingerprint density at radius 1 is 1.50 bits per heavy atom. The molecule has 2 heterocycles. The van der Waals surface area contributed by atoms with Crippen molar-refractivity contribution in [1.82, 2.24) is 15.3 Å². The number of nitrogens with two attached hydrogens (primary N) is 1. The third-order valence-corrected chi connectivity index (χ3v) is 3.62. The predicted octanol–water partition coefficient (Wildman–Crippen LogP) is 0.684. The van der Waals surface area contributed by atoms with Crippen molar-refractivity contribution in [1.29, 1.82) is 0 Å². The number of nitrogens with one attached hydrogen (secondary N) is 1. The van der Waals surface area contributed by atoms with Crippen molar-refractivity contribution in [3.8, 4) is 0 Å². The van der Waals surface area contributed by atoms with Gasteiger partial charge in [0.15, 0.2) is 0 Å². The minimum Gasteiger partial charge on any atom is -0.382 e. The fourth-order valence-electron chi connectivity index (χ4n) is 1.57. The third kappa shape index (κ3) is 2.85. The maximum atomic E-state index is 11.8. The number of carbonyl (C=O) groups excluding carboxylic acids is 1. The van der Waals surface area contributed by atoms with Gasteiger partial charge in [-0.1, -0.05) is 0 Å². The Kier molecular flexibility index (Phi) is 3.61. The van der Waals surface area contributed by atoms with Gasteiger partial charge < -0.3 is 11.1 Å². The first-order valence-electron chi connectivity index (χ1n) is 5.22. The average molecular weight is 238 g/mol. The molecular weight excluding hydrogens is 224 g/mol. The van der Waals surface area contributed by atoms with Gasteiger partial charge in [-0.25, -0.2) is 9.97 Å². The van der Waals surface area contributed by atoms with Crippen molar-refractivity contribution >= 4 is 23.5 Å². The SMILES string of the molecule is Nc1cnc(C(=O)NC2CCCSC2)cn1. The molecule has 5 nitrogen and oxygen atoms in total. The minimum absolute atomic E-state index is 0.167. The van der Waals surface area contributed by atoms with Crippen LogP contribution < -0.4 is 11.1 Å². The molecule has 0 saturated carbocycles. The van der Waals surface area contributed by atoms with Gasteiger partial charge in [0.2, 0.25) is 0 Å². The number of amides is 1. The Bertz CT molecular complexity index is 362. The molecule has 86 valence electrons. The van der Waals surface area contributed by atoms with E-state index in [1.54, 1.807) is 0 Å². The van der Waals surface area contributed by atoms with Gasteiger partial charge in [0.05, 0.1) is 12.4 Å². The molecule has 1 fully saturated rings. The highest BCUT2D eigenvalue weighted by molar-refractivity contribution is 7.99. The lowest BCUT2D eigenvalue weighted by molar-refractivity contribution is 0.0933. The van der Waals surface area contributed by atoms with Crippen LogP contribution in [0, 0.1) is 0 Å². The molecule has 1 aliphatic rings. The first-order valence-corrected chi connectivity index (χ1v) is 6.37. The molecule has 1 unspecified atom stereocenters. The Morgan fingerprint density at radius 2 is 2.38 bits per heavy atom. The second-order valence-corrected chi connectivity index (χ2v) is 4.86. The summed E-state index contributed by atoms with van der Waals surface area (Å²) in [5, 5.41) is 2.95. The molecule has 0 spiro atoms. The number of nitrogen functional groups attached to an aromatic ring is 1. The van der Waals surface area contributed by atoms with Gasteiger partial charge in [-0.3, -0.25) is 4.79 Å². The lowest BCUT2D eigenvalue weighted by Crippen LogP contribution is -2.38. The monoisotopic (exact) mass is 238 g/mol. The van der Waals surface area contributed by atoms with Crippen molar-refractivity contribution in [2.45, 2.75) is 18.9 Å². The summed E-state index contributed by atoms with van der Waals surface area (Å²) in [5.74, 6) is 2.33. The highest BCUT2D eigenvalue weighted by Gasteiger charge is 2.17. The van der Waals surface area contributed by atoms with Crippen LogP contribution in [0.2, 0.25) is 0 Å². The van der Waals surface area contributed by atoms with E-state index >= 15 is 0 Å². The maximum Gasteiger partial charge on any atom is 0.271 e. The first-order chi connectivity index (χ1) is 7.75. The zero-order chi connectivity index (χ0) is 11.4. The molecule has 1 aliphatic heterocycles. The molecule has 0 bridgehead atoms. The van der Waals surface area contributed by atoms with Crippen molar-refractivity contribution in [2.75, 3.05) is 17.2 Å². The minimum atomic E-state index is -0.167. The number of rotatable bonds is 2. The summed E-state index contributed by atoms with van der Waals surface area (Å²) in [5.41, 5.74) is 5.73. The van der Waals surface area contributed by atoms with Crippen LogP contribution in [0.4, 0.5) is 5.82 Å². The van der Waals surface area contributed by atoms with E-state index in [1.165, 1.54) is 18.1 Å². The van der Waals surface area contributed by atoms with E-state index in [-0.39, 0.29) is 11.9 Å². The summed E-state index contributed by atoms with van der Waals surface area (Å²) in [6.45, 7) is 0. The number of anilines is 1. The number of thioether (sulfide) groups is 1. The summed E-state index contributed by atoms with van der Waals surface area (Å²) in [4.78, 5) is 19.5. The average Bonchev–Trinajstić information content (AvgIpc) is 2.31. The third-order valence-electron chi connectivity index (χ3n) is 2.40. The second-order valence-electron chi connectivity index (χ2n) is 3.71. The number of carbonyl (C=O) groups is 1. The largest absolute Gasteiger partial charge is 0.382 e. The quantitative estimate of drug-likeness (QED) is 0.792. The highest BCUT2D eigenvalue weighted by Crippen LogP contribution is 2.17. The molecule has 16 heavy (non-hydrogen) atoms. The summed E-state index contributed by atoms with van der Waals surface area (Å²) in [7, 11) is 0. The van der Waals surface area contributed by atoms with E-state index in [0.29, 0.717) is 11.5 Å². The van der Waals surface area contributed by atoms with Gasteiger partial charge in [0.25, 0.3) is 5.91 Å². The number of hydrogen-bond acceptors (Lipinski definition) is 5. The van der Waals surface area contributed by atoms with E-state index in [0.717, 1.165) is 18.6 Å². The van der Waals surface area contributed by atoms with Crippen LogP contribution in [0.3, 0.4) is 0 Å². The van der Waals surface area contributed by atoms with Gasteiger partial charge >= 0.3 is 0 Å². The van der Waals surface area contributed by atoms with Crippen molar-refractivity contribution in [2.24, 2.45) is 0 Å². The van der Waals surface area contributed by atoms with Crippen LogP contribution in [-0.4, -0.2) is 33.4 Å². The van der Waals surface area contributed by atoms with Crippen LogP contribution in [0.5, 0.6) is 0 Å². The van der Waals surface area contributed by atoms with Crippen molar-refractivity contribution in [3.05, 3.63) is 18.1 Å². The lowest BCUT2D eigenvalue weighted by Gasteiger charge is -2.22. The fourth-order valence-corrected chi connectivity index (χ4v) is 2.64. The molecule has 0 aliphatic carbocycles. The molecule has 1 aromatic rings. The van der Waals surface area contributed by atoms with Crippen LogP contribution >= 0.6 is 11.8 Å². The lowest BCUT2D eigenvalue weighted by atomic mass is 10.2. The van der Waals surface area contributed by atoms with Gasteiger partial charge in [-0.15, -0.1) is 0 Å². The normalized spacial score (nSPS) is 20.4. The van der Waals surface area contributed by atoms with E-state index in [2.05, 4.69) is 15.3 Å². The number of hydrogen-bond donors (Lipinski definition) is 2. The van der Waals surface area contributed by atoms with E-state index in [1.807, 2.05) is 11.8 Å². The van der Waals surface area contributed by atoms with Gasteiger partial charge in [0.1, 0.15) is 11.5 Å². The molecule has 3 N–H and O–H groups in total. The van der Waals surface area contributed by atoms with E-state index < -0.39 is 0 Å². The van der Waals surface area contributed by atoms with Gasteiger partial charge in [-0.2, -0.15) is 11.8 Å². The molecule has 1 atom stereocenters. The Hall–Kier alpha value is -1.30. The summed E-state index contributed by atoms with van der Waals surface area (Å²) < 4.78 is 0. The van der Waals surface area contributed by atoms with Crippen LogP contribution in [-0.2, 0) is 0 Å². The predicted molar refractivity (Wildman–Crippen MR) is 64.3 cm³/mol. The van der Waals surface area contributed by atoms with Gasteiger partial charge in [0, 0.05) is 11.8 Å². The second kappa shape index (κ2) is 5.16. The number of aromatic nitrogens is 2. The Labute approximate surface area is 98.2 Å². The molecule has 1 aromatic heterocycles. The summed E-state index contributed by atoms with van der Waals surface area (Å²) in [6, 6.07) is 0.255. The van der Waals surface area contributed by atoms with Crippen LogP contribution in [0.25, 0.3) is 0 Å². The van der Waals surface area contributed by atoms with Crippen molar-refractivity contribution in [3.63, 3.8) is 0 Å². The molecule has 1 amide bonds. The molecule has 2 rings (SSSR count). The molecule has 6 heteroatoms. The Morgan fingerprint density at radius 3 is 3.00 bits per heavy atom. The summed E-state index contributed by atoms with van der Waals surface area (Å²) >= 11 is 1.87. The standard InChI is InChI=1S/C10H14N4OS/c11-9-5-12-8(4-13-9)10(15)14-7-2-1-3-16-6-7/h4-5,7H,1-3,6H2,(H2,11,13)(H,14,15). The smallest absolute Gasteiger partial charge is 0.271 e. The molecule has 1 saturated heterocycles. The highest BCUT2D eigenvalue weighted by atomic mass is 32.2. The molecule has 0 aromatic carbocycles. The molecule has 0 radical (unpaired) electrons.